The lowest BCUT2D eigenvalue weighted by molar-refractivity contribution is -0.384. The van der Waals surface area contributed by atoms with E-state index < -0.39 is 16.8 Å². The van der Waals surface area contributed by atoms with Crippen LogP contribution in [0.25, 0.3) is 0 Å². The Labute approximate surface area is 239 Å². The molecule has 0 aliphatic rings. The van der Waals surface area contributed by atoms with Crippen molar-refractivity contribution in [3.63, 3.8) is 0 Å². The van der Waals surface area contributed by atoms with Gasteiger partial charge in [-0.2, -0.15) is 5.10 Å². The van der Waals surface area contributed by atoms with Crippen molar-refractivity contribution in [2.45, 2.75) is 46.5 Å². The Kier molecular flexibility index (Phi) is 9.83. The minimum absolute atomic E-state index is 0.0125. The minimum Gasteiger partial charge on any atom is -0.493 e. The zero-order valence-electron chi connectivity index (χ0n) is 24.1. The number of nitrogens with zero attached hydrogens (tertiary/aromatic N) is 2. The summed E-state index contributed by atoms with van der Waals surface area (Å²) in [6.07, 6.45) is 2.44. The Hall–Kier alpha value is -4.73. The fourth-order valence-electron chi connectivity index (χ4n) is 4.52. The van der Waals surface area contributed by atoms with Crippen molar-refractivity contribution in [3.8, 4) is 17.2 Å². The summed E-state index contributed by atoms with van der Waals surface area (Å²) in [5.74, 6) is -0.136. The first-order valence-electron chi connectivity index (χ1n) is 13.0. The molecule has 0 aromatic heterocycles. The van der Waals surface area contributed by atoms with Gasteiger partial charge >= 0.3 is 5.97 Å². The smallest absolute Gasteiger partial charge is 0.343 e. The van der Waals surface area contributed by atoms with Crippen LogP contribution >= 0.6 is 0 Å². The number of rotatable bonds is 11. The Bertz CT molecular complexity index is 1410. The maximum atomic E-state index is 12.4. The van der Waals surface area contributed by atoms with Crippen molar-refractivity contribution < 1.29 is 28.7 Å². The van der Waals surface area contributed by atoms with E-state index in [0.29, 0.717) is 11.3 Å². The summed E-state index contributed by atoms with van der Waals surface area (Å²) in [4.78, 5) is 34.9. The molecule has 0 heterocycles. The molecule has 0 fully saturated rings. The van der Waals surface area contributed by atoms with Gasteiger partial charge in [-0.05, 0) is 70.8 Å². The Morgan fingerprint density at radius 1 is 0.951 bits per heavy atom. The number of non-ortho nitro benzene ring substituents is 1. The average molecular weight is 562 g/mol. The van der Waals surface area contributed by atoms with Crippen LogP contribution < -0.4 is 19.6 Å². The molecule has 10 nitrogen and oxygen atoms in total. The summed E-state index contributed by atoms with van der Waals surface area (Å²) in [6.45, 7) is 10.9. The first-order valence-corrected chi connectivity index (χ1v) is 13.0. The van der Waals surface area contributed by atoms with Crippen molar-refractivity contribution in [3.05, 3.63) is 93.5 Å². The summed E-state index contributed by atoms with van der Waals surface area (Å²) in [6, 6.07) is 17.5. The largest absolute Gasteiger partial charge is 0.493 e. The number of esters is 1. The molecular weight excluding hydrogens is 526 g/mol. The number of nitro benzene ring substituents is 1. The molecule has 3 aromatic carbocycles. The minimum atomic E-state index is -0.699. The SMILES string of the molecule is COc1cc(/C=N\NC(=O)COc2ccc(C(C)(C)CC(C)(C)C)cc2)ccc1OC(=O)c1ccc([N+](=O)[O-])cc1. The molecule has 1 N–H and O–H groups in total. The molecule has 1 amide bonds. The molecule has 3 aromatic rings. The van der Waals surface area contributed by atoms with E-state index in [9.17, 15) is 19.7 Å². The highest BCUT2D eigenvalue weighted by Gasteiger charge is 2.27. The predicted molar refractivity (Wildman–Crippen MR) is 156 cm³/mol. The van der Waals surface area contributed by atoms with Gasteiger partial charge in [-0.15, -0.1) is 0 Å². The van der Waals surface area contributed by atoms with E-state index in [1.807, 2.05) is 24.3 Å². The molecular formula is C31H35N3O7. The van der Waals surface area contributed by atoms with Crippen LogP contribution in [-0.4, -0.2) is 36.7 Å². The van der Waals surface area contributed by atoms with Gasteiger partial charge in [0.2, 0.25) is 0 Å². The number of nitro groups is 1. The molecule has 216 valence electrons. The van der Waals surface area contributed by atoms with Gasteiger partial charge < -0.3 is 14.2 Å². The molecule has 41 heavy (non-hydrogen) atoms. The number of nitrogens with one attached hydrogen (secondary N) is 1. The fraction of sp³-hybridized carbons (Fsp3) is 0.323. The van der Waals surface area contributed by atoms with Crippen molar-refractivity contribution >= 4 is 23.8 Å². The quantitative estimate of drug-likeness (QED) is 0.0989. The summed E-state index contributed by atoms with van der Waals surface area (Å²) in [5, 5.41) is 14.7. The number of amides is 1. The Balaban J connectivity index is 1.52. The van der Waals surface area contributed by atoms with Crippen LogP contribution in [0.4, 0.5) is 5.69 Å². The van der Waals surface area contributed by atoms with E-state index in [1.165, 1.54) is 49.2 Å². The van der Waals surface area contributed by atoms with E-state index in [0.717, 1.165) is 6.42 Å². The molecule has 0 aliphatic heterocycles. The molecule has 0 saturated carbocycles. The Morgan fingerprint density at radius 3 is 2.20 bits per heavy atom. The molecule has 0 aliphatic carbocycles. The molecule has 0 spiro atoms. The second-order valence-corrected chi connectivity index (χ2v) is 11.3. The Morgan fingerprint density at radius 2 is 1.61 bits per heavy atom. The van der Waals surface area contributed by atoms with Crippen LogP contribution in [-0.2, 0) is 10.2 Å². The molecule has 0 atom stereocenters. The van der Waals surface area contributed by atoms with Gasteiger partial charge in [-0.1, -0.05) is 46.8 Å². The van der Waals surface area contributed by atoms with E-state index in [4.69, 9.17) is 14.2 Å². The third-order valence-corrected chi connectivity index (χ3v) is 6.09. The molecule has 3 rings (SSSR count). The van der Waals surface area contributed by atoms with Crippen LogP contribution in [0.15, 0.2) is 71.8 Å². The molecule has 0 bridgehead atoms. The van der Waals surface area contributed by atoms with Crippen molar-refractivity contribution in [2.75, 3.05) is 13.7 Å². The number of ether oxygens (including phenoxy) is 3. The maximum Gasteiger partial charge on any atom is 0.343 e. The van der Waals surface area contributed by atoms with Crippen LogP contribution in [0.3, 0.4) is 0 Å². The highest BCUT2D eigenvalue weighted by Crippen LogP contribution is 2.36. The molecule has 0 saturated heterocycles. The van der Waals surface area contributed by atoms with Gasteiger partial charge in [0.15, 0.2) is 18.1 Å². The number of benzene rings is 3. The van der Waals surface area contributed by atoms with E-state index in [1.54, 1.807) is 12.1 Å². The average Bonchev–Trinajstić information content (AvgIpc) is 2.91. The van der Waals surface area contributed by atoms with Crippen LogP contribution in [0.2, 0.25) is 0 Å². The van der Waals surface area contributed by atoms with Crippen LogP contribution in [0, 0.1) is 15.5 Å². The normalized spacial score (nSPS) is 11.7. The first kappa shape index (κ1) is 30.8. The lowest BCUT2D eigenvalue weighted by Gasteiger charge is -2.33. The van der Waals surface area contributed by atoms with E-state index >= 15 is 0 Å². The summed E-state index contributed by atoms with van der Waals surface area (Å²) in [7, 11) is 1.41. The third kappa shape index (κ3) is 9.16. The zero-order valence-corrected chi connectivity index (χ0v) is 24.1. The predicted octanol–water partition coefficient (Wildman–Crippen LogP) is 6.07. The second kappa shape index (κ2) is 13.1. The summed E-state index contributed by atoms with van der Waals surface area (Å²) in [5.41, 5.74) is 4.42. The van der Waals surface area contributed by atoms with E-state index in [-0.39, 0.29) is 40.2 Å². The van der Waals surface area contributed by atoms with Gasteiger partial charge in [0.05, 0.1) is 23.8 Å². The van der Waals surface area contributed by atoms with Gasteiger partial charge in [0, 0.05) is 12.1 Å². The molecule has 0 unspecified atom stereocenters. The number of methoxy groups -OCH3 is 1. The van der Waals surface area contributed by atoms with Crippen molar-refractivity contribution in [2.24, 2.45) is 10.5 Å². The number of hydrogen-bond donors (Lipinski definition) is 1. The topological polar surface area (TPSA) is 129 Å². The molecule has 0 radical (unpaired) electrons. The lowest BCUT2D eigenvalue weighted by Crippen LogP contribution is -2.25. The highest BCUT2D eigenvalue weighted by molar-refractivity contribution is 5.92. The van der Waals surface area contributed by atoms with Gasteiger partial charge in [-0.3, -0.25) is 14.9 Å². The standard InChI is InChI=1S/C31H35N3O7/c1-30(2,3)20-31(4,5)23-10-14-25(15-11-23)40-19-28(35)33-32-18-21-7-16-26(27(17-21)39-6)41-29(36)22-8-12-24(13-9-22)34(37)38/h7-18H,19-20H2,1-6H3,(H,33,35)/b32-18-. The number of carbonyl (C=O) groups is 2. The van der Waals surface area contributed by atoms with Gasteiger partial charge in [0.1, 0.15) is 5.75 Å². The second-order valence-electron chi connectivity index (χ2n) is 11.3. The van der Waals surface area contributed by atoms with Gasteiger partial charge in [-0.25, -0.2) is 10.2 Å². The number of hydrazone groups is 1. The molecule has 10 heteroatoms. The maximum absolute atomic E-state index is 12.4. The van der Waals surface area contributed by atoms with Gasteiger partial charge in [0.25, 0.3) is 11.6 Å². The zero-order chi connectivity index (χ0) is 30.2. The third-order valence-electron chi connectivity index (χ3n) is 6.09. The monoisotopic (exact) mass is 561 g/mol. The van der Waals surface area contributed by atoms with Crippen molar-refractivity contribution in [1.29, 1.82) is 0 Å². The number of hydrogen-bond acceptors (Lipinski definition) is 8. The summed E-state index contributed by atoms with van der Waals surface area (Å²) < 4.78 is 16.3. The first-order chi connectivity index (χ1) is 19.3. The van der Waals surface area contributed by atoms with Crippen LogP contribution in [0.5, 0.6) is 17.2 Å². The lowest BCUT2D eigenvalue weighted by atomic mass is 9.72. The van der Waals surface area contributed by atoms with Crippen molar-refractivity contribution in [1.82, 2.24) is 5.43 Å². The summed E-state index contributed by atoms with van der Waals surface area (Å²) >= 11 is 0. The number of carbonyl (C=O) groups excluding carboxylic acids is 2. The highest BCUT2D eigenvalue weighted by atomic mass is 16.6. The van der Waals surface area contributed by atoms with Crippen LogP contribution in [0.1, 0.15) is 62.5 Å². The van der Waals surface area contributed by atoms with E-state index in [2.05, 4.69) is 45.1 Å². The fourth-order valence-corrected chi connectivity index (χ4v) is 4.52.